The van der Waals surface area contributed by atoms with E-state index in [0.29, 0.717) is 13.2 Å². The molecule has 0 unspecified atom stereocenters. The highest BCUT2D eigenvalue weighted by Crippen LogP contribution is 2.10. The highest BCUT2D eigenvalue weighted by atomic mass is 16.5. The summed E-state index contributed by atoms with van der Waals surface area (Å²) in [5.74, 6) is 0.767. The van der Waals surface area contributed by atoms with E-state index in [4.69, 9.17) is 9.47 Å². The predicted octanol–water partition coefficient (Wildman–Crippen LogP) is 2.37. The molecule has 0 amide bonds. The number of aryl methyl sites for hydroxylation is 1. The first kappa shape index (κ1) is 12.9. The number of hydrogen-bond acceptors (Lipinski definition) is 4. The zero-order valence-corrected chi connectivity index (χ0v) is 10.5. The van der Waals surface area contributed by atoms with E-state index in [0.717, 1.165) is 17.9 Å². The molecule has 0 N–H and O–H groups in total. The van der Waals surface area contributed by atoms with Crippen molar-refractivity contribution in [3.8, 4) is 5.75 Å². The summed E-state index contributed by atoms with van der Waals surface area (Å²) in [5, 5.41) is 7.68. The molecule has 0 aliphatic rings. The van der Waals surface area contributed by atoms with Crippen molar-refractivity contribution in [2.45, 2.75) is 39.7 Å². The van der Waals surface area contributed by atoms with Crippen LogP contribution in [0.3, 0.4) is 0 Å². The number of nitrogens with zero attached hydrogens (tertiary/aromatic N) is 2. The van der Waals surface area contributed by atoms with E-state index < -0.39 is 0 Å². The standard InChI is InChI=1S/C12H20N2O2/c1-10-8-11(9-13-14-10)15-6-5-7-16-12(2,3)4/h8-9H,5-7H2,1-4H3. The van der Waals surface area contributed by atoms with Crippen LogP contribution in [-0.4, -0.2) is 29.0 Å². The van der Waals surface area contributed by atoms with E-state index >= 15 is 0 Å². The molecule has 1 rings (SSSR count). The van der Waals surface area contributed by atoms with Gasteiger partial charge in [-0.05, 0) is 27.7 Å². The van der Waals surface area contributed by atoms with Crippen LogP contribution in [0, 0.1) is 6.92 Å². The minimum Gasteiger partial charge on any atom is -0.492 e. The second kappa shape index (κ2) is 5.80. The molecule has 0 spiro atoms. The maximum atomic E-state index is 5.58. The molecule has 1 aromatic heterocycles. The molecule has 4 heteroatoms. The van der Waals surface area contributed by atoms with Gasteiger partial charge in [-0.2, -0.15) is 10.2 Å². The van der Waals surface area contributed by atoms with Gasteiger partial charge in [0.25, 0.3) is 0 Å². The molecule has 4 nitrogen and oxygen atoms in total. The fourth-order valence-electron chi connectivity index (χ4n) is 1.16. The molecule has 0 bridgehead atoms. The Morgan fingerprint density at radius 3 is 2.62 bits per heavy atom. The van der Waals surface area contributed by atoms with Crippen LogP contribution in [0.15, 0.2) is 12.3 Å². The quantitative estimate of drug-likeness (QED) is 0.720. The van der Waals surface area contributed by atoms with Crippen molar-refractivity contribution in [2.75, 3.05) is 13.2 Å². The van der Waals surface area contributed by atoms with Gasteiger partial charge in [0.1, 0.15) is 5.75 Å². The van der Waals surface area contributed by atoms with Crippen LogP contribution in [0.2, 0.25) is 0 Å². The van der Waals surface area contributed by atoms with E-state index in [1.807, 2.05) is 33.8 Å². The molecule has 0 aliphatic carbocycles. The fraction of sp³-hybridized carbons (Fsp3) is 0.667. The SMILES string of the molecule is Cc1cc(OCCCOC(C)(C)C)cnn1. The summed E-state index contributed by atoms with van der Waals surface area (Å²) >= 11 is 0. The molecule has 0 aromatic carbocycles. The maximum absolute atomic E-state index is 5.58. The van der Waals surface area contributed by atoms with Gasteiger partial charge in [-0.25, -0.2) is 0 Å². The van der Waals surface area contributed by atoms with Crippen LogP contribution < -0.4 is 4.74 Å². The van der Waals surface area contributed by atoms with E-state index in [2.05, 4.69) is 10.2 Å². The van der Waals surface area contributed by atoms with E-state index in [1.54, 1.807) is 6.20 Å². The monoisotopic (exact) mass is 224 g/mol. The van der Waals surface area contributed by atoms with Crippen LogP contribution in [0.5, 0.6) is 5.75 Å². The van der Waals surface area contributed by atoms with Crippen molar-refractivity contribution in [1.29, 1.82) is 0 Å². The molecule has 16 heavy (non-hydrogen) atoms. The van der Waals surface area contributed by atoms with Crippen LogP contribution in [0.1, 0.15) is 32.9 Å². The number of aromatic nitrogens is 2. The Hall–Kier alpha value is -1.16. The molecule has 0 saturated carbocycles. The Morgan fingerprint density at radius 1 is 1.25 bits per heavy atom. The Bertz CT molecular complexity index is 321. The molecular formula is C12H20N2O2. The highest BCUT2D eigenvalue weighted by Gasteiger charge is 2.08. The minimum atomic E-state index is -0.0746. The van der Waals surface area contributed by atoms with Crippen molar-refractivity contribution in [3.63, 3.8) is 0 Å². The first-order valence-electron chi connectivity index (χ1n) is 5.53. The molecular weight excluding hydrogens is 204 g/mol. The molecule has 0 fully saturated rings. The molecule has 0 atom stereocenters. The molecule has 90 valence electrons. The van der Waals surface area contributed by atoms with Gasteiger partial charge in [-0.3, -0.25) is 0 Å². The Balaban J connectivity index is 2.17. The van der Waals surface area contributed by atoms with Crippen molar-refractivity contribution in [1.82, 2.24) is 10.2 Å². The van der Waals surface area contributed by atoms with Crippen molar-refractivity contribution in [2.24, 2.45) is 0 Å². The summed E-state index contributed by atoms with van der Waals surface area (Å²) < 4.78 is 11.1. The average Bonchev–Trinajstić information content (AvgIpc) is 2.15. The molecule has 0 saturated heterocycles. The third kappa shape index (κ3) is 5.66. The average molecular weight is 224 g/mol. The smallest absolute Gasteiger partial charge is 0.141 e. The zero-order valence-electron chi connectivity index (χ0n) is 10.5. The number of rotatable bonds is 5. The predicted molar refractivity (Wildman–Crippen MR) is 62.6 cm³/mol. The topological polar surface area (TPSA) is 44.2 Å². The van der Waals surface area contributed by atoms with Crippen molar-refractivity contribution >= 4 is 0 Å². The zero-order chi connectivity index (χ0) is 12.0. The molecule has 0 aliphatic heterocycles. The van der Waals surface area contributed by atoms with Gasteiger partial charge in [0.2, 0.25) is 0 Å². The van der Waals surface area contributed by atoms with E-state index in [-0.39, 0.29) is 5.60 Å². The third-order valence-electron chi connectivity index (χ3n) is 1.84. The summed E-state index contributed by atoms with van der Waals surface area (Å²) in [6.07, 6.45) is 2.50. The van der Waals surface area contributed by atoms with Gasteiger partial charge in [0.05, 0.1) is 30.7 Å². The van der Waals surface area contributed by atoms with Gasteiger partial charge < -0.3 is 9.47 Å². The lowest BCUT2D eigenvalue weighted by molar-refractivity contribution is -0.00770. The van der Waals surface area contributed by atoms with Crippen LogP contribution in [-0.2, 0) is 4.74 Å². The second-order valence-corrected chi connectivity index (χ2v) is 4.70. The summed E-state index contributed by atoms with van der Waals surface area (Å²) in [5.41, 5.74) is 0.790. The van der Waals surface area contributed by atoms with Crippen molar-refractivity contribution in [3.05, 3.63) is 18.0 Å². The summed E-state index contributed by atoms with van der Waals surface area (Å²) in [6.45, 7) is 9.38. The third-order valence-corrected chi connectivity index (χ3v) is 1.84. The van der Waals surface area contributed by atoms with Crippen LogP contribution in [0.4, 0.5) is 0 Å². The molecule has 1 aromatic rings. The first-order chi connectivity index (χ1) is 7.47. The van der Waals surface area contributed by atoms with Gasteiger partial charge in [0, 0.05) is 12.5 Å². The largest absolute Gasteiger partial charge is 0.492 e. The lowest BCUT2D eigenvalue weighted by atomic mass is 10.2. The highest BCUT2D eigenvalue weighted by molar-refractivity contribution is 5.17. The van der Waals surface area contributed by atoms with Crippen LogP contribution >= 0.6 is 0 Å². The number of ether oxygens (including phenoxy) is 2. The lowest BCUT2D eigenvalue weighted by Gasteiger charge is -2.19. The van der Waals surface area contributed by atoms with Crippen molar-refractivity contribution < 1.29 is 9.47 Å². The van der Waals surface area contributed by atoms with Gasteiger partial charge in [-0.1, -0.05) is 0 Å². The summed E-state index contributed by atoms with van der Waals surface area (Å²) in [4.78, 5) is 0. The fourth-order valence-corrected chi connectivity index (χ4v) is 1.16. The lowest BCUT2D eigenvalue weighted by Crippen LogP contribution is -2.20. The Kier molecular flexibility index (Phi) is 4.68. The van der Waals surface area contributed by atoms with Crippen LogP contribution in [0.25, 0.3) is 0 Å². The van der Waals surface area contributed by atoms with Gasteiger partial charge in [0.15, 0.2) is 0 Å². The maximum Gasteiger partial charge on any atom is 0.141 e. The summed E-state index contributed by atoms with van der Waals surface area (Å²) in [6, 6.07) is 1.87. The van der Waals surface area contributed by atoms with Gasteiger partial charge in [-0.15, -0.1) is 0 Å². The van der Waals surface area contributed by atoms with E-state index in [9.17, 15) is 0 Å². The first-order valence-corrected chi connectivity index (χ1v) is 5.53. The summed E-state index contributed by atoms with van der Waals surface area (Å²) in [7, 11) is 0. The van der Waals surface area contributed by atoms with E-state index in [1.165, 1.54) is 0 Å². The molecule has 1 heterocycles. The van der Waals surface area contributed by atoms with Gasteiger partial charge >= 0.3 is 0 Å². The Morgan fingerprint density at radius 2 is 2.00 bits per heavy atom. The minimum absolute atomic E-state index is 0.0746. The normalized spacial score (nSPS) is 11.5. The Labute approximate surface area is 97.0 Å². The number of hydrogen-bond donors (Lipinski definition) is 0. The molecule has 0 radical (unpaired) electrons. The second-order valence-electron chi connectivity index (χ2n) is 4.70.